The molecular weight excluding hydrogens is 266 g/mol. The third kappa shape index (κ3) is 2.01. The van der Waals surface area contributed by atoms with Gasteiger partial charge in [0.25, 0.3) is 5.78 Å². The molecule has 1 aliphatic heterocycles. The van der Waals surface area contributed by atoms with Gasteiger partial charge < -0.3 is 4.90 Å². The number of aryl methyl sites for hydroxylation is 2. The van der Waals surface area contributed by atoms with Gasteiger partial charge in [0.15, 0.2) is 0 Å². The minimum Gasteiger partial charge on any atom is -0.350 e. The van der Waals surface area contributed by atoms with Gasteiger partial charge in [-0.15, -0.1) is 0 Å². The summed E-state index contributed by atoms with van der Waals surface area (Å²) in [6.45, 7) is 5.57. The molecule has 0 saturated heterocycles. The molecule has 0 atom stereocenters. The Labute approximate surface area is 121 Å². The Bertz CT molecular complexity index is 823. The van der Waals surface area contributed by atoms with Crippen molar-refractivity contribution in [2.75, 3.05) is 11.4 Å². The van der Waals surface area contributed by atoms with Crippen LogP contribution in [0.2, 0.25) is 0 Å². The van der Waals surface area contributed by atoms with Crippen molar-refractivity contribution < 1.29 is 0 Å². The van der Waals surface area contributed by atoms with Gasteiger partial charge in [-0.1, -0.05) is 0 Å². The van der Waals surface area contributed by atoms with Gasteiger partial charge in [0.05, 0.1) is 12.2 Å². The van der Waals surface area contributed by atoms with E-state index in [0.29, 0.717) is 5.78 Å². The van der Waals surface area contributed by atoms with Crippen LogP contribution in [0, 0.1) is 13.8 Å². The lowest BCUT2D eigenvalue weighted by molar-refractivity contribution is 0.675. The third-order valence-electron chi connectivity index (χ3n) is 3.75. The van der Waals surface area contributed by atoms with Gasteiger partial charge in [-0.2, -0.15) is 14.6 Å². The van der Waals surface area contributed by atoms with E-state index in [1.165, 1.54) is 11.9 Å². The van der Waals surface area contributed by atoms with Crippen molar-refractivity contribution in [1.29, 1.82) is 0 Å². The number of anilines is 1. The van der Waals surface area contributed by atoms with Crippen LogP contribution < -0.4 is 4.90 Å². The van der Waals surface area contributed by atoms with E-state index in [1.54, 1.807) is 4.52 Å². The second-order valence-electron chi connectivity index (χ2n) is 5.29. The average molecular weight is 281 g/mol. The molecule has 0 amide bonds. The summed E-state index contributed by atoms with van der Waals surface area (Å²) in [6.07, 6.45) is 4.42. The van der Waals surface area contributed by atoms with Crippen molar-refractivity contribution in [2.24, 2.45) is 0 Å². The van der Waals surface area contributed by atoms with Gasteiger partial charge in [-0.05, 0) is 25.8 Å². The van der Waals surface area contributed by atoms with Gasteiger partial charge in [0.1, 0.15) is 18.0 Å². The van der Waals surface area contributed by atoms with E-state index in [2.05, 4.69) is 29.9 Å². The molecule has 7 heteroatoms. The van der Waals surface area contributed by atoms with Crippen molar-refractivity contribution >= 4 is 11.6 Å². The van der Waals surface area contributed by atoms with E-state index >= 15 is 0 Å². The highest BCUT2D eigenvalue weighted by atomic mass is 15.4. The van der Waals surface area contributed by atoms with Crippen molar-refractivity contribution in [3.8, 4) is 0 Å². The molecule has 0 aliphatic carbocycles. The second-order valence-corrected chi connectivity index (χ2v) is 5.29. The maximum Gasteiger partial charge on any atom is 0.254 e. The fraction of sp³-hybridized carbons (Fsp3) is 0.357. The molecule has 0 spiro atoms. The number of rotatable bonds is 1. The first kappa shape index (κ1) is 12.2. The summed E-state index contributed by atoms with van der Waals surface area (Å²) >= 11 is 0. The first-order chi connectivity index (χ1) is 10.2. The van der Waals surface area contributed by atoms with Crippen molar-refractivity contribution in [2.45, 2.75) is 26.8 Å². The Balaban J connectivity index is 1.78. The fourth-order valence-electron chi connectivity index (χ4n) is 2.73. The second kappa shape index (κ2) is 4.47. The van der Waals surface area contributed by atoms with Crippen LogP contribution in [-0.4, -0.2) is 36.1 Å². The summed E-state index contributed by atoms with van der Waals surface area (Å²) < 4.78 is 1.78. The highest BCUT2D eigenvalue weighted by Gasteiger charge is 2.21. The molecule has 0 saturated carbocycles. The molecular formula is C14H15N7. The molecule has 0 N–H and O–H groups in total. The van der Waals surface area contributed by atoms with E-state index in [4.69, 9.17) is 0 Å². The van der Waals surface area contributed by atoms with Gasteiger partial charge in [-0.25, -0.2) is 15.0 Å². The Morgan fingerprint density at radius 3 is 2.95 bits per heavy atom. The molecule has 1 aliphatic rings. The zero-order valence-corrected chi connectivity index (χ0v) is 12.0. The predicted octanol–water partition coefficient (Wildman–Crippen LogP) is 1.09. The quantitative estimate of drug-likeness (QED) is 0.665. The molecule has 21 heavy (non-hydrogen) atoms. The number of hydrogen-bond acceptors (Lipinski definition) is 6. The van der Waals surface area contributed by atoms with Crippen LogP contribution >= 0.6 is 0 Å². The van der Waals surface area contributed by atoms with Crippen LogP contribution in [0.5, 0.6) is 0 Å². The predicted molar refractivity (Wildman–Crippen MR) is 77.0 cm³/mol. The number of aromatic nitrogens is 6. The normalized spacial score (nSPS) is 14.5. The van der Waals surface area contributed by atoms with E-state index in [9.17, 15) is 0 Å². The van der Waals surface area contributed by atoms with Crippen molar-refractivity contribution in [3.05, 3.63) is 41.4 Å². The molecule has 0 radical (unpaired) electrons. The molecule has 0 aromatic carbocycles. The summed E-state index contributed by atoms with van der Waals surface area (Å²) in [5.74, 6) is 2.46. The number of nitrogens with zero attached hydrogens (tertiary/aromatic N) is 7. The van der Waals surface area contributed by atoms with Gasteiger partial charge in [-0.3, -0.25) is 0 Å². The standard InChI is InChI=1S/C14H15N7/c1-9-5-13(21-14(18-9)16-8-17-21)20-4-3-11-6-15-10(2)19-12(11)7-20/h5-6,8H,3-4,7H2,1-2H3. The summed E-state index contributed by atoms with van der Waals surface area (Å²) in [5, 5.41) is 4.28. The lowest BCUT2D eigenvalue weighted by atomic mass is 10.1. The van der Waals surface area contributed by atoms with Crippen LogP contribution in [0.4, 0.5) is 5.82 Å². The first-order valence-electron chi connectivity index (χ1n) is 6.94. The van der Waals surface area contributed by atoms with Crippen molar-refractivity contribution in [3.63, 3.8) is 0 Å². The minimum absolute atomic E-state index is 0.634. The minimum atomic E-state index is 0.634. The third-order valence-corrected chi connectivity index (χ3v) is 3.75. The van der Waals surface area contributed by atoms with Crippen LogP contribution in [0.25, 0.3) is 5.78 Å². The summed E-state index contributed by atoms with van der Waals surface area (Å²) in [7, 11) is 0. The Hall–Kier alpha value is -2.57. The summed E-state index contributed by atoms with van der Waals surface area (Å²) in [6, 6.07) is 2.04. The van der Waals surface area contributed by atoms with Crippen LogP contribution in [-0.2, 0) is 13.0 Å². The lowest BCUT2D eigenvalue weighted by Gasteiger charge is -2.29. The highest BCUT2D eigenvalue weighted by molar-refractivity contribution is 5.48. The van der Waals surface area contributed by atoms with E-state index in [1.807, 2.05) is 26.1 Å². The number of hydrogen-bond donors (Lipinski definition) is 0. The van der Waals surface area contributed by atoms with Gasteiger partial charge in [0.2, 0.25) is 0 Å². The summed E-state index contributed by atoms with van der Waals surface area (Å²) in [5.41, 5.74) is 3.27. The van der Waals surface area contributed by atoms with Crippen LogP contribution in [0.3, 0.4) is 0 Å². The van der Waals surface area contributed by atoms with Gasteiger partial charge >= 0.3 is 0 Å². The van der Waals surface area contributed by atoms with Crippen LogP contribution in [0.1, 0.15) is 22.8 Å². The Morgan fingerprint density at radius 1 is 1.14 bits per heavy atom. The first-order valence-corrected chi connectivity index (χ1v) is 6.94. The van der Waals surface area contributed by atoms with E-state index < -0.39 is 0 Å². The van der Waals surface area contributed by atoms with Crippen molar-refractivity contribution in [1.82, 2.24) is 29.5 Å². The lowest BCUT2D eigenvalue weighted by Crippen LogP contribution is -2.33. The largest absolute Gasteiger partial charge is 0.350 e. The van der Waals surface area contributed by atoms with Crippen LogP contribution in [0.15, 0.2) is 18.6 Å². The molecule has 3 aromatic rings. The monoisotopic (exact) mass is 281 g/mol. The Morgan fingerprint density at radius 2 is 2.05 bits per heavy atom. The molecule has 4 rings (SSSR count). The average Bonchev–Trinajstić information content (AvgIpc) is 2.93. The zero-order valence-electron chi connectivity index (χ0n) is 12.0. The van der Waals surface area contributed by atoms with E-state index in [-0.39, 0.29) is 0 Å². The Kier molecular flexibility index (Phi) is 2.60. The maximum atomic E-state index is 4.57. The molecule has 4 heterocycles. The topological polar surface area (TPSA) is 72.1 Å². The molecule has 0 unspecified atom stereocenters. The molecule has 0 fully saturated rings. The maximum absolute atomic E-state index is 4.57. The fourth-order valence-corrected chi connectivity index (χ4v) is 2.73. The molecule has 0 bridgehead atoms. The van der Waals surface area contributed by atoms with E-state index in [0.717, 1.165) is 42.5 Å². The molecule has 106 valence electrons. The SMILES string of the molecule is Cc1cc(N2CCc3cnc(C)nc3C2)n2ncnc2n1. The van der Waals surface area contributed by atoms with Gasteiger partial charge in [0, 0.05) is 24.5 Å². The molecule has 7 nitrogen and oxygen atoms in total. The summed E-state index contributed by atoms with van der Waals surface area (Å²) in [4.78, 5) is 19.7. The number of fused-ring (bicyclic) bond motifs is 2. The molecule has 3 aromatic heterocycles. The zero-order chi connectivity index (χ0) is 14.4. The smallest absolute Gasteiger partial charge is 0.254 e. The highest BCUT2D eigenvalue weighted by Crippen LogP contribution is 2.23.